The number of aromatic nitrogens is 5. The summed E-state index contributed by atoms with van der Waals surface area (Å²) in [4.78, 5) is 16.4. The van der Waals surface area contributed by atoms with E-state index in [9.17, 15) is 22.4 Å². The van der Waals surface area contributed by atoms with Gasteiger partial charge in [0, 0.05) is 10.0 Å². The molecule has 0 saturated carbocycles. The van der Waals surface area contributed by atoms with Crippen LogP contribution in [0.4, 0.5) is 23.5 Å². The van der Waals surface area contributed by atoms with Crippen LogP contribution in [-0.2, 0) is 13.1 Å². The lowest BCUT2D eigenvalue weighted by Gasteiger charge is -2.04. The average Bonchev–Trinajstić information content (AvgIpc) is 3.50. The van der Waals surface area contributed by atoms with Gasteiger partial charge in [-0.25, -0.2) is 27.2 Å². The van der Waals surface area contributed by atoms with E-state index < -0.39 is 30.1 Å². The number of carbonyl (C=O) groups excluding carboxylic acids is 1. The van der Waals surface area contributed by atoms with Crippen LogP contribution in [0.15, 0.2) is 47.1 Å². The smallest absolute Gasteiger partial charge is 0.293 e. The van der Waals surface area contributed by atoms with Crippen molar-refractivity contribution in [2.24, 2.45) is 0 Å². The normalized spacial score (nSPS) is 11.5. The van der Waals surface area contributed by atoms with Crippen molar-refractivity contribution in [1.82, 2.24) is 24.5 Å². The second kappa shape index (κ2) is 9.85. The number of carbonyl (C=O) groups is 1. The molecule has 14 heteroatoms. The van der Waals surface area contributed by atoms with Gasteiger partial charge in [-0.3, -0.25) is 14.8 Å². The zero-order chi connectivity index (χ0) is 24.4. The summed E-state index contributed by atoms with van der Waals surface area (Å²) in [5.74, 6) is -0.809. The summed E-state index contributed by atoms with van der Waals surface area (Å²) in [5.41, 5.74) is -0.726. The fourth-order valence-electron chi connectivity index (χ4n) is 3.01. The zero-order valence-corrected chi connectivity index (χ0v) is 18.4. The van der Waals surface area contributed by atoms with E-state index in [-0.39, 0.29) is 30.6 Å². The number of alkyl halides is 4. The van der Waals surface area contributed by atoms with Gasteiger partial charge in [0.1, 0.15) is 23.5 Å². The Labute approximate surface area is 199 Å². The third kappa shape index (κ3) is 5.39. The van der Waals surface area contributed by atoms with Crippen molar-refractivity contribution in [2.45, 2.75) is 25.9 Å². The molecule has 0 saturated heterocycles. The van der Waals surface area contributed by atoms with E-state index in [0.29, 0.717) is 20.8 Å². The number of benzene rings is 1. The summed E-state index contributed by atoms with van der Waals surface area (Å²) in [7, 11) is 0. The number of nitrogens with one attached hydrogen (secondary N) is 1. The lowest BCUT2D eigenvalue weighted by Crippen LogP contribution is -2.13. The Balaban J connectivity index is 1.42. The standard InChI is InChI=1S/C20H14Cl2F4N6O2/c21-11-2-1-10(13(22)5-11)7-31-9-27-20(30-31)28-19(33)16-4-3-12(34-16)8-32-15(18(25)26)6-14(29-32)17(23)24/h1-6,9,17-18H,7-8H2,(H,28,30,33). The first-order chi connectivity index (χ1) is 16.2. The number of hydrogen-bond acceptors (Lipinski definition) is 5. The molecule has 178 valence electrons. The van der Waals surface area contributed by atoms with Crippen molar-refractivity contribution < 1.29 is 26.8 Å². The van der Waals surface area contributed by atoms with Gasteiger partial charge in [-0.05, 0) is 35.9 Å². The van der Waals surface area contributed by atoms with Gasteiger partial charge in [-0.15, -0.1) is 5.10 Å². The molecule has 1 aromatic carbocycles. The summed E-state index contributed by atoms with van der Waals surface area (Å²) in [6.07, 6.45) is -4.63. The molecule has 0 fully saturated rings. The number of nitrogens with zero attached hydrogens (tertiary/aromatic N) is 5. The fourth-order valence-corrected chi connectivity index (χ4v) is 3.48. The molecular weight excluding hydrogens is 503 g/mol. The minimum Gasteiger partial charge on any atom is -0.454 e. The third-order valence-electron chi connectivity index (χ3n) is 4.58. The van der Waals surface area contributed by atoms with Crippen molar-refractivity contribution in [1.29, 1.82) is 0 Å². The van der Waals surface area contributed by atoms with Crippen LogP contribution in [0, 0.1) is 0 Å². The Kier molecular flexibility index (Phi) is 6.89. The highest BCUT2D eigenvalue weighted by molar-refractivity contribution is 6.35. The monoisotopic (exact) mass is 516 g/mol. The average molecular weight is 517 g/mol. The van der Waals surface area contributed by atoms with Gasteiger partial charge in [0.2, 0.25) is 5.95 Å². The van der Waals surface area contributed by atoms with Gasteiger partial charge in [0.15, 0.2) is 5.76 Å². The number of rotatable bonds is 8. The second-order valence-electron chi connectivity index (χ2n) is 6.97. The summed E-state index contributed by atoms with van der Waals surface area (Å²) < 4.78 is 59.4. The quantitative estimate of drug-likeness (QED) is 0.308. The third-order valence-corrected chi connectivity index (χ3v) is 5.16. The molecule has 0 aliphatic heterocycles. The van der Waals surface area contributed by atoms with E-state index in [1.54, 1.807) is 18.2 Å². The van der Waals surface area contributed by atoms with E-state index in [4.69, 9.17) is 27.6 Å². The number of halogens is 6. The molecule has 34 heavy (non-hydrogen) atoms. The molecule has 0 unspecified atom stereocenters. The van der Waals surface area contributed by atoms with Gasteiger partial charge < -0.3 is 4.42 Å². The highest BCUT2D eigenvalue weighted by Crippen LogP contribution is 2.26. The summed E-state index contributed by atoms with van der Waals surface area (Å²) in [6, 6.07) is 8.29. The zero-order valence-electron chi connectivity index (χ0n) is 16.9. The molecular formula is C20H14Cl2F4N6O2. The molecule has 3 heterocycles. The first-order valence-corrected chi connectivity index (χ1v) is 10.3. The first-order valence-electron chi connectivity index (χ1n) is 9.57. The van der Waals surface area contributed by atoms with Crippen LogP contribution in [0.2, 0.25) is 10.0 Å². The molecule has 0 bridgehead atoms. The van der Waals surface area contributed by atoms with Crippen LogP contribution in [0.3, 0.4) is 0 Å². The van der Waals surface area contributed by atoms with E-state index in [1.807, 2.05) is 0 Å². The molecule has 0 spiro atoms. The van der Waals surface area contributed by atoms with Crippen LogP contribution in [0.1, 0.15) is 46.1 Å². The van der Waals surface area contributed by atoms with Crippen molar-refractivity contribution in [3.05, 3.63) is 81.2 Å². The number of anilines is 1. The predicted octanol–water partition coefficient (Wildman–Crippen LogP) is 5.60. The van der Waals surface area contributed by atoms with Gasteiger partial charge >= 0.3 is 0 Å². The lowest BCUT2D eigenvalue weighted by atomic mass is 10.2. The Bertz CT molecular complexity index is 1320. The van der Waals surface area contributed by atoms with Gasteiger partial charge in [-0.1, -0.05) is 29.3 Å². The van der Waals surface area contributed by atoms with Gasteiger partial charge in [0.25, 0.3) is 18.8 Å². The highest BCUT2D eigenvalue weighted by atomic mass is 35.5. The highest BCUT2D eigenvalue weighted by Gasteiger charge is 2.22. The van der Waals surface area contributed by atoms with Gasteiger partial charge in [0.05, 0.1) is 13.1 Å². The van der Waals surface area contributed by atoms with Crippen LogP contribution in [-0.4, -0.2) is 30.5 Å². The Morgan fingerprint density at radius 2 is 1.82 bits per heavy atom. The number of hydrogen-bond donors (Lipinski definition) is 1. The Morgan fingerprint density at radius 1 is 1.03 bits per heavy atom. The van der Waals surface area contributed by atoms with E-state index in [0.717, 1.165) is 5.56 Å². The predicted molar refractivity (Wildman–Crippen MR) is 113 cm³/mol. The maximum atomic E-state index is 13.1. The second-order valence-corrected chi connectivity index (χ2v) is 7.82. The maximum Gasteiger partial charge on any atom is 0.293 e. The Hall–Kier alpha value is -3.38. The topological polar surface area (TPSA) is 90.8 Å². The molecule has 0 aliphatic rings. The van der Waals surface area contributed by atoms with Crippen LogP contribution in [0.5, 0.6) is 0 Å². The molecule has 8 nitrogen and oxygen atoms in total. The van der Waals surface area contributed by atoms with Crippen molar-refractivity contribution in [3.63, 3.8) is 0 Å². The minimum atomic E-state index is -3.01. The molecule has 0 radical (unpaired) electrons. The molecule has 0 aliphatic carbocycles. The Morgan fingerprint density at radius 3 is 2.53 bits per heavy atom. The summed E-state index contributed by atoms with van der Waals surface area (Å²) in [5, 5.41) is 11.0. The molecule has 1 N–H and O–H groups in total. The minimum absolute atomic E-state index is 0.0123. The number of furan rings is 1. The first kappa shape index (κ1) is 23.8. The molecule has 0 atom stereocenters. The van der Waals surface area contributed by atoms with Crippen molar-refractivity contribution in [2.75, 3.05) is 5.32 Å². The fraction of sp³-hybridized carbons (Fsp3) is 0.200. The molecule has 4 rings (SSSR count). The number of amides is 1. The van der Waals surface area contributed by atoms with Crippen molar-refractivity contribution >= 4 is 35.1 Å². The SMILES string of the molecule is O=C(Nc1ncn(Cc2ccc(Cl)cc2Cl)n1)c1ccc(Cn2nc(C(F)F)cc2C(F)F)o1. The van der Waals surface area contributed by atoms with E-state index in [2.05, 4.69) is 20.5 Å². The lowest BCUT2D eigenvalue weighted by molar-refractivity contribution is 0.0993. The largest absolute Gasteiger partial charge is 0.454 e. The molecule has 3 aromatic heterocycles. The molecule has 4 aromatic rings. The van der Waals surface area contributed by atoms with Crippen molar-refractivity contribution in [3.8, 4) is 0 Å². The van der Waals surface area contributed by atoms with Crippen LogP contribution >= 0.6 is 23.2 Å². The van der Waals surface area contributed by atoms with Gasteiger partial charge in [-0.2, -0.15) is 5.10 Å². The van der Waals surface area contributed by atoms with E-state index in [1.165, 1.54) is 23.1 Å². The van der Waals surface area contributed by atoms with E-state index >= 15 is 0 Å². The van der Waals surface area contributed by atoms with Crippen LogP contribution < -0.4 is 5.32 Å². The van der Waals surface area contributed by atoms with Crippen LogP contribution in [0.25, 0.3) is 0 Å². The summed E-state index contributed by atoms with van der Waals surface area (Å²) in [6.45, 7) is -0.0882. The summed E-state index contributed by atoms with van der Waals surface area (Å²) >= 11 is 12.0. The maximum absolute atomic E-state index is 13.1. The molecule has 1 amide bonds.